The van der Waals surface area contributed by atoms with Crippen LogP contribution in [-0.2, 0) is 14.2 Å². The number of esters is 1. The molecule has 2 rings (SSSR count). The van der Waals surface area contributed by atoms with Gasteiger partial charge in [0.15, 0.2) is 0 Å². The van der Waals surface area contributed by atoms with Crippen LogP contribution in [0.4, 0.5) is 0 Å². The molecule has 0 aromatic heterocycles. The van der Waals surface area contributed by atoms with Crippen molar-refractivity contribution in [1.82, 2.24) is 0 Å². The van der Waals surface area contributed by atoms with Gasteiger partial charge in [0.1, 0.15) is 6.10 Å². The van der Waals surface area contributed by atoms with Crippen LogP contribution in [0.15, 0.2) is 12.2 Å². The van der Waals surface area contributed by atoms with Crippen molar-refractivity contribution in [3.8, 4) is 0 Å². The van der Waals surface area contributed by atoms with E-state index in [2.05, 4.69) is 44.2 Å². The van der Waals surface area contributed by atoms with Gasteiger partial charge in [0.2, 0.25) is 0 Å². The van der Waals surface area contributed by atoms with Crippen molar-refractivity contribution >= 4 is 30.6 Å². The van der Waals surface area contributed by atoms with E-state index < -0.39 is 0 Å². The molecule has 106 valence electrons. The van der Waals surface area contributed by atoms with E-state index in [1.54, 1.807) is 0 Å². The standard InChI is InChI=1S/C13H23BO3P2/c1-3-8(2)4-5-9-10-6-13(15)16-11(10)7-12(9)17-14(18)19/h4-5,8-12H,3,6-7,18-19H2,1-2H3/b5-4+/t8-,9+,10+,11-,12+/m0/s1. The second-order valence-corrected chi connectivity index (χ2v) is 7.70. The predicted molar refractivity (Wildman–Crippen MR) is 84.7 cm³/mol. The lowest BCUT2D eigenvalue weighted by Crippen LogP contribution is -2.24. The van der Waals surface area contributed by atoms with Gasteiger partial charge in [-0.2, -0.15) is 0 Å². The van der Waals surface area contributed by atoms with E-state index in [0.717, 1.165) is 12.8 Å². The first-order valence-electron chi connectivity index (χ1n) is 7.05. The van der Waals surface area contributed by atoms with Crippen LogP contribution < -0.4 is 0 Å². The monoisotopic (exact) mass is 300 g/mol. The number of hydrogen-bond donors (Lipinski definition) is 0. The zero-order valence-electron chi connectivity index (χ0n) is 11.6. The summed E-state index contributed by atoms with van der Waals surface area (Å²) in [6.07, 6.45) is 7.27. The Morgan fingerprint density at radius 1 is 1.58 bits per heavy atom. The molecule has 7 atom stereocenters. The molecule has 2 unspecified atom stereocenters. The van der Waals surface area contributed by atoms with Crippen LogP contribution in [0, 0.1) is 17.8 Å². The first kappa shape index (κ1) is 15.5. The van der Waals surface area contributed by atoms with Gasteiger partial charge in [-0.15, -0.1) is 18.2 Å². The van der Waals surface area contributed by atoms with E-state index in [1.807, 2.05) is 0 Å². The Labute approximate surface area is 120 Å². The Bertz CT molecular complexity index is 362. The number of hydrogen-bond acceptors (Lipinski definition) is 3. The van der Waals surface area contributed by atoms with Gasteiger partial charge in [-0.05, 0) is 5.92 Å². The molecule has 0 spiro atoms. The number of allylic oxidation sites excluding steroid dienone is 1. The van der Waals surface area contributed by atoms with Gasteiger partial charge in [0, 0.05) is 18.3 Å². The molecule has 1 saturated carbocycles. The van der Waals surface area contributed by atoms with Gasteiger partial charge in [-0.1, -0.05) is 32.4 Å². The number of carbonyl (C=O) groups is 1. The second kappa shape index (κ2) is 6.70. The second-order valence-electron chi connectivity index (χ2n) is 5.62. The number of fused-ring (bicyclic) bond motifs is 1. The Hall–Kier alpha value is 0.0949. The van der Waals surface area contributed by atoms with E-state index >= 15 is 0 Å². The van der Waals surface area contributed by atoms with E-state index in [4.69, 9.17) is 9.39 Å². The topological polar surface area (TPSA) is 35.5 Å². The summed E-state index contributed by atoms with van der Waals surface area (Å²) in [4.78, 5) is 11.4. The van der Waals surface area contributed by atoms with E-state index in [-0.39, 0.29) is 24.5 Å². The highest BCUT2D eigenvalue weighted by molar-refractivity contribution is 7.92. The summed E-state index contributed by atoms with van der Waals surface area (Å²) in [6, 6.07) is 0. The summed E-state index contributed by atoms with van der Waals surface area (Å²) >= 11 is 0. The molecular weight excluding hydrogens is 277 g/mol. The quantitative estimate of drug-likeness (QED) is 0.339. The van der Waals surface area contributed by atoms with E-state index in [9.17, 15) is 4.79 Å². The molecule has 1 aliphatic carbocycles. The van der Waals surface area contributed by atoms with Crippen LogP contribution >= 0.6 is 18.2 Å². The summed E-state index contributed by atoms with van der Waals surface area (Å²) in [5.74, 6) is 1.12. The van der Waals surface area contributed by atoms with Crippen LogP contribution in [-0.4, -0.2) is 24.5 Å². The lowest BCUT2D eigenvalue weighted by atomic mass is 9.90. The fourth-order valence-corrected chi connectivity index (χ4v) is 3.37. The van der Waals surface area contributed by atoms with Gasteiger partial charge in [-0.25, -0.2) is 0 Å². The minimum atomic E-state index is -0.0521. The molecule has 6 heteroatoms. The molecule has 2 fully saturated rings. The Balaban J connectivity index is 2.08. The minimum Gasteiger partial charge on any atom is -0.462 e. The highest BCUT2D eigenvalue weighted by atomic mass is 31.1. The Kier molecular flexibility index (Phi) is 5.46. The maximum Gasteiger partial charge on any atom is 0.336 e. The SMILES string of the molecule is CC[C@H](C)/C=C/[C@@H]1[C@H]2CC(=O)O[C@H]2C[C@H]1OB(P)P. The van der Waals surface area contributed by atoms with Crippen molar-refractivity contribution in [3.05, 3.63) is 12.2 Å². The summed E-state index contributed by atoms with van der Waals surface area (Å²) < 4.78 is 11.3. The van der Waals surface area contributed by atoms with Crippen LogP contribution in [0.5, 0.6) is 0 Å². The van der Waals surface area contributed by atoms with Crippen molar-refractivity contribution < 1.29 is 14.2 Å². The van der Waals surface area contributed by atoms with Gasteiger partial charge in [0.25, 0.3) is 0 Å². The smallest absolute Gasteiger partial charge is 0.336 e. The normalized spacial score (nSPS) is 35.5. The van der Waals surface area contributed by atoms with Crippen LogP contribution in [0.1, 0.15) is 33.1 Å². The highest BCUT2D eigenvalue weighted by Gasteiger charge is 2.49. The van der Waals surface area contributed by atoms with Crippen molar-refractivity contribution in [2.45, 2.75) is 45.3 Å². The minimum absolute atomic E-state index is 0.0521. The molecule has 1 heterocycles. The van der Waals surface area contributed by atoms with E-state index in [1.165, 1.54) is 0 Å². The van der Waals surface area contributed by atoms with Crippen LogP contribution in [0.25, 0.3) is 0 Å². The first-order valence-corrected chi connectivity index (χ1v) is 8.39. The molecule has 3 nitrogen and oxygen atoms in total. The van der Waals surface area contributed by atoms with E-state index in [0.29, 0.717) is 24.2 Å². The fraction of sp³-hybridized carbons (Fsp3) is 0.769. The number of rotatable bonds is 5. The third-order valence-corrected chi connectivity index (χ3v) is 4.50. The molecule has 2 aliphatic rings. The summed E-state index contributed by atoms with van der Waals surface area (Å²) in [5, 5.41) is 0. The Morgan fingerprint density at radius 3 is 2.95 bits per heavy atom. The average molecular weight is 300 g/mol. The predicted octanol–water partition coefficient (Wildman–Crippen LogP) is 2.66. The van der Waals surface area contributed by atoms with Gasteiger partial charge in [-0.3, -0.25) is 4.79 Å². The zero-order chi connectivity index (χ0) is 14.0. The lowest BCUT2D eigenvalue weighted by molar-refractivity contribution is -0.141. The maximum atomic E-state index is 11.4. The van der Waals surface area contributed by atoms with Crippen molar-refractivity contribution in [3.63, 3.8) is 0 Å². The third kappa shape index (κ3) is 3.81. The lowest BCUT2D eigenvalue weighted by Gasteiger charge is -2.22. The molecule has 1 aliphatic heterocycles. The van der Waals surface area contributed by atoms with Crippen LogP contribution in [0.2, 0.25) is 0 Å². The van der Waals surface area contributed by atoms with Gasteiger partial charge < -0.3 is 9.39 Å². The number of ether oxygens (including phenoxy) is 1. The number of carbonyl (C=O) groups excluding carboxylic acids is 1. The molecule has 1 saturated heterocycles. The zero-order valence-corrected chi connectivity index (χ0v) is 13.9. The third-order valence-electron chi connectivity index (χ3n) is 4.19. The van der Waals surface area contributed by atoms with Crippen LogP contribution in [0.3, 0.4) is 0 Å². The first-order chi connectivity index (χ1) is 9.01. The summed E-state index contributed by atoms with van der Waals surface area (Å²) in [6.45, 7) is 4.40. The van der Waals surface area contributed by atoms with Gasteiger partial charge in [0.05, 0.1) is 12.5 Å². The average Bonchev–Trinajstić information content (AvgIpc) is 2.81. The molecule has 0 amide bonds. The Morgan fingerprint density at radius 2 is 2.32 bits per heavy atom. The van der Waals surface area contributed by atoms with Crippen molar-refractivity contribution in [1.29, 1.82) is 0 Å². The molecule has 0 radical (unpaired) electrons. The molecule has 0 N–H and O–H groups in total. The van der Waals surface area contributed by atoms with Crippen molar-refractivity contribution in [2.75, 3.05) is 0 Å². The summed E-state index contributed by atoms with van der Waals surface area (Å²) in [5.41, 5.74) is 0. The largest absolute Gasteiger partial charge is 0.462 e. The van der Waals surface area contributed by atoms with Crippen molar-refractivity contribution in [2.24, 2.45) is 17.8 Å². The van der Waals surface area contributed by atoms with Gasteiger partial charge >= 0.3 is 12.3 Å². The summed E-state index contributed by atoms with van der Waals surface area (Å²) in [7, 11) is 5.28. The molecule has 0 aromatic carbocycles. The molecular formula is C13H23BO3P2. The molecule has 19 heavy (non-hydrogen) atoms. The highest BCUT2D eigenvalue weighted by Crippen LogP contribution is 2.44. The molecule has 0 aromatic rings. The fourth-order valence-electron chi connectivity index (χ4n) is 2.97. The molecule has 0 bridgehead atoms. The maximum absolute atomic E-state index is 11.4.